The number of halogens is 5. The van der Waals surface area contributed by atoms with Crippen LogP contribution in [0.2, 0.25) is 5.02 Å². The average molecular weight is 617 g/mol. The minimum Gasteiger partial charge on any atom is -0.449 e. The molecule has 12 heteroatoms. The predicted molar refractivity (Wildman–Crippen MR) is 157 cm³/mol. The molecule has 1 saturated heterocycles. The Labute approximate surface area is 250 Å². The van der Waals surface area contributed by atoms with Gasteiger partial charge in [0.1, 0.15) is 11.6 Å². The van der Waals surface area contributed by atoms with Gasteiger partial charge < -0.3 is 14.5 Å². The number of amides is 1. The number of hydrogen-bond donors (Lipinski definition) is 0. The summed E-state index contributed by atoms with van der Waals surface area (Å²) in [5, 5.41) is 0.424. The van der Waals surface area contributed by atoms with Crippen LogP contribution in [0.1, 0.15) is 32.3 Å². The number of aromatic nitrogens is 2. The van der Waals surface area contributed by atoms with Crippen LogP contribution in [-0.2, 0) is 10.9 Å². The van der Waals surface area contributed by atoms with Crippen molar-refractivity contribution in [2.75, 3.05) is 31.1 Å². The second-order valence-electron chi connectivity index (χ2n) is 10.4. The fourth-order valence-electron chi connectivity index (χ4n) is 5.31. The Kier molecular flexibility index (Phi) is 8.64. The van der Waals surface area contributed by atoms with Crippen LogP contribution in [-0.4, -0.2) is 52.8 Å². The number of piperazine rings is 1. The molecule has 1 atom stereocenters. The van der Waals surface area contributed by atoms with E-state index in [0.29, 0.717) is 12.0 Å². The van der Waals surface area contributed by atoms with E-state index in [4.69, 9.17) is 16.3 Å². The number of para-hydroxylation sites is 1. The van der Waals surface area contributed by atoms with Gasteiger partial charge in [-0.15, -0.1) is 0 Å². The number of alkyl halides is 3. The molecule has 4 aromatic rings. The van der Waals surface area contributed by atoms with E-state index in [2.05, 4.69) is 4.98 Å². The fraction of sp³-hybridized carbons (Fsp3) is 0.323. The van der Waals surface area contributed by atoms with Gasteiger partial charge in [0.25, 0.3) is 0 Å². The third-order valence-corrected chi connectivity index (χ3v) is 7.77. The highest BCUT2D eigenvalue weighted by atomic mass is 35.5. The first kappa shape index (κ1) is 30.3. The molecule has 0 bridgehead atoms. The van der Waals surface area contributed by atoms with E-state index >= 15 is 0 Å². The number of unbranched alkanes of at least 4 members (excludes halogenated alkanes) is 1. The molecular weight excluding hydrogens is 588 g/mol. The van der Waals surface area contributed by atoms with Gasteiger partial charge in [0, 0.05) is 47.2 Å². The van der Waals surface area contributed by atoms with Gasteiger partial charge >= 0.3 is 18.0 Å². The molecule has 0 radical (unpaired) electrons. The first-order valence-corrected chi connectivity index (χ1v) is 14.2. The van der Waals surface area contributed by atoms with Crippen molar-refractivity contribution in [2.45, 2.75) is 38.9 Å². The Hall–Kier alpha value is -4.12. The molecular formula is C31H29ClF4N4O3. The van der Waals surface area contributed by atoms with E-state index in [1.165, 1.54) is 48.5 Å². The first-order chi connectivity index (χ1) is 20.5. The molecule has 1 aromatic heterocycles. The van der Waals surface area contributed by atoms with Crippen molar-refractivity contribution >= 4 is 34.4 Å². The highest BCUT2D eigenvalue weighted by Gasteiger charge is 2.35. The van der Waals surface area contributed by atoms with Crippen LogP contribution in [0.25, 0.3) is 27.7 Å². The zero-order valence-electron chi connectivity index (χ0n) is 23.5. The summed E-state index contributed by atoms with van der Waals surface area (Å²) in [5.41, 5.74) is -2.00. The summed E-state index contributed by atoms with van der Waals surface area (Å²) in [7, 11) is 0. The first-order valence-electron chi connectivity index (χ1n) is 13.9. The van der Waals surface area contributed by atoms with Gasteiger partial charge in [0.05, 0.1) is 23.4 Å². The minimum absolute atomic E-state index is 0.0722. The van der Waals surface area contributed by atoms with E-state index in [1.54, 1.807) is 11.0 Å². The Morgan fingerprint density at radius 3 is 2.49 bits per heavy atom. The number of anilines is 1. The lowest BCUT2D eigenvalue weighted by Gasteiger charge is -2.40. The second-order valence-corrected chi connectivity index (χ2v) is 10.8. The van der Waals surface area contributed by atoms with Crippen molar-refractivity contribution in [1.82, 2.24) is 14.5 Å². The maximum Gasteiger partial charge on any atom is 0.418 e. The lowest BCUT2D eigenvalue weighted by atomic mass is 10.0. The van der Waals surface area contributed by atoms with E-state index in [9.17, 15) is 27.2 Å². The summed E-state index contributed by atoms with van der Waals surface area (Å²) in [5.74, 6) is -0.382. The van der Waals surface area contributed by atoms with Gasteiger partial charge in [-0.25, -0.2) is 14.0 Å². The van der Waals surface area contributed by atoms with Crippen molar-refractivity contribution in [3.8, 4) is 16.8 Å². The van der Waals surface area contributed by atoms with E-state index < -0.39 is 35.0 Å². The van der Waals surface area contributed by atoms with E-state index in [-0.39, 0.29) is 53.2 Å². The average Bonchev–Trinajstić information content (AvgIpc) is 2.97. The van der Waals surface area contributed by atoms with Crippen molar-refractivity contribution < 1.29 is 27.1 Å². The molecule has 1 aliphatic rings. The molecule has 1 amide bonds. The molecule has 0 spiro atoms. The molecule has 0 aliphatic carbocycles. The van der Waals surface area contributed by atoms with Gasteiger partial charge in [-0.05, 0) is 43.7 Å². The predicted octanol–water partition coefficient (Wildman–Crippen LogP) is 7.31. The molecule has 0 saturated carbocycles. The molecule has 0 N–H and O–H groups in total. The maximum atomic E-state index is 14.9. The van der Waals surface area contributed by atoms with Crippen molar-refractivity contribution in [3.63, 3.8) is 0 Å². The van der Waals surface area contributed by atoms with Gasteiger partial charge in [0.2, 0.25) is 0 Å². The Bertz CT molecular complexity index is 1730. The highest BCUT2D eigenvalue weighted by Crippen LogP contribution is 2.39. The Morgan fingerprint density at radius 2 is 1.79 bits per heavy atom. The number of rotatable bonds is 6. The summed E-state index contributed by atoms with van der Waals surface area (Å²) in [4.78, 5) is 33.9. The second kappa shape index (κ2) is 12.2. The molecule has 1 aliphatic heterocycles. The number of ether oxygens (including phenoxy) is 1. The molecule has 7 nitrogen and oxygen atoms in total. The van der Waals surface area contributed by atoms with Crippen LogP contribution in [0.5, 0.6) is 0 Å². The molecule has 2 heterocycles. The van der Waals surface area contributed by atoms with E-state index in [0.717, 1.165) is 23.5 Å². The van der Waals surface area contributed by atoms with Crippen molar-refractivity contribution in [2.24, 2.45) is 0 Å². The molecule has 1 fully saturated rings. The lowest BCUT2D eigenvalue weighted by molar-refractivity contribution is -0.137. The molecule has 1 unspecified atom stereocenters. The zero-order valence-corrected chi connectivity index (χ0v) is 24.3. The SMILES string of the molecule is CCCCOC(=O)N1CCN(c2nc(=O)n(-c3ccccc3C(F)(F)F)c3cc(-c4ccccc4F)c(Cl)cc23)C(C)C1. The number of nitrogens with zero attached hydrogens (tertiary/aromatic N) is 4. The summed E-state index contributed by atoms with van der Waals surface area (Å²) in [6.07, 6.45) is -3.57. The lowest BCUT2D eigenvalue weighted by Crippen LogP contribution is -2.54. The van der Waals surface area contributed by atoms with Crippen LogP contribution in [0.15, 0.2) is 65.5 Å². The molecule has 226 valence electrons. The number of carbonyl (C=O) groups is 1. The monoisotopic (exact) mass is 616 g/mol. The van der Waals surface area contributed by atoms with E-state index in [1.807, 2.05) is 18.7 Å². The van der Waals surface area contributed by atoms with Crippen LogP contribution in [0.4, 0.5) is 28.2 Å². The fourth-order valence-corrected chi connectivity index (χ4v) is 5.57. The van der Waals surface area contributed by atoms with Gasteiger partial charge in [-0.3, -0.25) is 4.57 Å². The highest BCUT2D eigenvalue weighted by molar-refractivity contribution is 6.34. The van der Waals surface area contributed by atoms with Gasteiger partial charge in [-0.1, -0.05) is 55.3 Å². The number of fused-ring (bicyclic) bond motifs is 1. The van der Waals surface area contributed by atoms with Crippen molar-refractivity contribution in [3.05, 3.63) is 87.6 Å². The number of carbonyl (C=O) groups excluding carboxylic acids is 1. The molecule has 43 heavy (non-hydrogen) atoms. The van der Waals surface area contributed by atoms with Gasteiger partial charge in [-0.2, -0.15) is 18.2 Å². The summed E-state index contributed by atoms with van der Waals surface area (Å²) in [6, 6.07) is 13.1. The van der Waals surface area contributed by atoms with Crippen LogP contribution in [0.3, 0.4) is 0 Å². The smallest absolute Gasteiger partial charge is 0.418 e. The maximum absolute atomic E-state index is 14.9. The third kappa shape index (κ3) is 6.04. The third-order valence-electron chi connectivity index (χ3n) is 7.46. The minimum atomic E-state index is -4.77. The van der Waals surface area contributed by atoms with Crippen molar-refractivity contribution in [1.29, 1.82) is 0 Å². The zero-order chi connectivity index (χ0) is 30.9. The standard InChI is InChI=1S/C31H29ClF4N4O3/c1-3-4-15-43-30(42)38-13-14-39(19(2)18-38)28-22-16-24(32)21(20-9-5-7-11-25(20)33)17-27(22)40(29(41)37-28)26-12-8-6-10-23(26)31(34,35)36/h5-12,16-17,19H,3-4,13-15,18H2,1-2H3. The van der Waals surface area contributed by atoms with Gasteiger partial charge in [0.15, 0.2) is 0 Å². The summed E-state index contributed by atoms with van der Waals surface area (Å²) < 4.78 is 63.4. The Morgan fingerprint density at radius 1 is 1.07 bits per heavy atom. The largest absolute Gasteiger partial charge is 0.449 e. The van der Waals surface area contributed by atoms with Crippen LogP contribution < -0.4 is 10.6 Å². The number of hydrogen-bond acceptors (Lipinski definition) is 5. The Balaban J connectivity index is 1.68. The molecule has 5 rings (SSSR count). The number of benzene rings is 3. The normalized spacial score (nSPS) is 15.7. The quantitative estimate of drug-likeness (QED) is 0.168. The summed E-state index contributed by atoms with van der Waals surface area (Å²) >= 11 is 6.67. The van der Waals surface area contributed by atoms with Crippen LogP contribution in [0, 0.1) is 5.82 Å². The molecule has 3 aromatic carbocycles. The van der Waals surface area contributed by atoms with Crippen LogP contribution >= 0.6 is 11.6 Å². The topological polar surface area (TPSA) is 67.7 Å². The summed E-state index contributed by atoms with van der Waals surface area (Å²) in [6.45, 7) is 4.98.